The quantitative estimate of drug-likeness (QED) is 0.400. The van der Waals surface area contributed by atoms with Gasteiger partial charge in [0.25, 0.3) is 0 Å². The van der Waals surface area contributed by atoms with Crippen LogP contribution in [-0.2, 0) is 17.8 Å². The van der Waals surface area contributed by atoms with E-state index in [4.69, 9.17) is 0 Å². The number of nitrogens with one attached hydrogen (secondary N) is 2. The number of carbonyl (C=O) groups excluding carboxylic acids is 2. The van der Waals surface area contributed by atoms with E-state index in [1.54, 1.807) is 6.20 Å². The lowest BCUT2D eigenvalue weighted by Gasteiger charge is -2.17. The van der Waals surface area contributed by atoms with E-state index in [-0.39, 0.29) is 17.5 Å². The van der Waals surface area contributed by atoms with Crippen molar-refractivity contribution in [3.63, 3.8) is 0 Å². The van der Waals surface area contributed by atoms with Crippen molar-refractivity contribution >= 4 is 11.7 Å². The number of carbonyl (C=O) groups is 2. The average Bonchev–Trinajstić information content (AvgIpc) is 3.47. The number of Topliss-reactive ketones (excluding diaryl/α,β-unsaturated/α-hetero) is 1. The Kier molecular flexibility index (Phi) is 7.07. The van der Waals surface area contributed by atoms with E-state index in [2.05, 4.69) is 20.4 Å². The molecule has 0 radical (unpaired) electrons. The van der Waals surface area contributed by atoms with Crippen LogP contribution < -0.4 is 5.32 Å². The van der Waals surface area contributed by atoms with Crippen LogP contribution in [0.15, 0.2) is 67.0 Å². The zero-order chi connectivity index (χ0) is 22.3. The maximum Gasteiger partial charge on any atom is 0.225 e. The summed E-state index contributed by atoms with van der Waals surface area (Å²) in [6.07, 6.45) is 5.23. The fourth-order valence-electron chi connectivity index (χ4n) is 4.27. The Balaban J connectivity index is 1.42. The number of amides is 1. The average molecular weight is 435 g/mol. The second kappa shape index (κ2) is 10.3. The number of aromatic nitrogens is 2. The highest BCUT2D eigenvalue weighted by Gasteiger charge is 2.41. The molecule has 2 aromatic carbocycles. The third kappa shape index (κ3) is 5.48. The maximum absolute atomic E-state index is 13.3. The van der Waals surface area contributed by atoms with Crippen LogP contribution in [0.5, 0.6) is 0 Å². The molecule has 1 fully saturated rings. The molecule has 3 aromatic rings. The van der Waals surface area contributed by atoms with Crippen LogP contribution in [0.1, 0.15) is 27.9 Å². The maximum atomic E-state index is 13.3. The molecule has 1 aliphatic heterocycles. The molecule has 4 rings (SSSR count). The molecule has 1 aromatic heterocycles. The molecule has 2 N–H and O–H groups in total. The number of hydrogen-bond acceptors (Lipinski definition) is 4. The summed E-state index contributed by atoms with van der Waals surface area (Å²) in [5.41, 5.74) is 2.68. The molecule has 0 bridgehead atoms. The number of likely N-dealkylation sites (tertiary alicyclic amines) is 1. The van der Waals surface area contributed by atoms with Crippen molar-refractivity contribution in [2.45, 2.75) is 19.4 Å². The highest BCUT2D eigenvalue weighted by atomic mass is 19.1. The predicted octanol–water partition coefficient (Wildman–Crippen LogP) is 3.23. The summed E-state index contributed by atoms with van der Waals surface area (Å²) >= 11 is 0. The predicted molar refractivity (Wildman–Crippen MR) is 119 cm³/mol. The van der Waals surface area contributed by atoms with Gasteiger partial charge in [0.2, 0.25) is 5.91 Å². The summed E-state index contributed by atoms with van der Waals surface area (Å²) in [7, 11) is 0. The molecule has 2 heterocycles. The van der Waals surface area contributed by atoms with E-state index in [1.807, 2.05) is 36.5 Å². The van der Waals surface area contributed by atoms with Gasteiger partial charge in [-0.2, -0.15) is 5.10 Å². The molecule has 0 unspecified atom stereocenters. The highest BCUT2D eigenvalue weighted by Crippen LogP contribution is 2.28. The normalized spacial score (nSPS) is 18.5. The van der Waals surface area contributed by atoms with E-state index in [0.717, 1.165) is 24.0 Å². The second-order valence-electron chi connectivity index (χ2n) is 8.26. The molecule has 6 nitrogen and oxygen atoms in total. The molecule has 1 aliphatic rings. The minimum absolute atomic E-state index is 0.104. The van der Waals surface area contributed by atoms with Crippen molar-refractivity contribution in [3.8, 4) is 0 Å². The van der Waals surface area contributed by atoms with Crippen LogP contribution >= 0.6 is 0 Å². The lowest BCUT2D eigenvalue weighted by molar-refractivity contribution is -0.125. The molecule has 1 saturated heterocycles. The zero-order valence-electron chi connectivity index (χ0n) is 17.8. The van der Waals surface area contributed by atoms with E-state index in [0.29, 0.717) is 31.7 Å². The Morgan fingerprint density at radius 2 is 1.78 bits per heavy atom. The lowest BCUT2D eigenvalue weighted by atomic mass is 9.88. The smallest absolute Gasteiger partial charge is 0.225 e. The van der Waals surface area contributed by atoms with Crippen molar-refractivity contribution in [2.75, 3.05) is 19.6 Å². The molecule has 0 aliphatic carbocycles. The summed E-state index contributed by atoms with van der Waals surface area (Å²) in [6, 6.07) is 15.6. The summed E-state index contributed by atoms with van der Waals surface area (Å²) in [4.78, 5) is 28.4. The van der Waals surface area contributed by atoms with Gasteiger partial charge in [-0.05, 0) is 48.2 Å². The van der Waals surface area contributed by atoms with Gasteiger partial charge in [0.15, 0.2) is 5.78 Å². The highest BCUT2D eigenvalue weighted by molar-refractivity contribution is 6.01. The van der Waals surface area contributed by atoms with Crippen LogP contribution in [0, 0.1) is 17.7 Å². The molecule has 0 spiro atoms. The van der Waals surface area contributed by atoms with Crippen LogP contribution in [0.4, 0.5) is 4.39 Å². The topological polar surface area (TPSA) is 78.1 Å². The fourth-order valence-corrected chi connectivity index (χ4v) is 4.27. The molecule has 2 atom stereocenters. The van der Waals surface area contributed by atoms with Crippen molar-refractivity contribution in [2.24, 2.45) is 11.8 Å². The van der Waals surface area contributed by atoms with Crippen LogP contribution in [0.3, 0.4) is 0 Å². The number of aromatic amines is 1. The molecule has 7 heteroatoms. The van der Waals surface area contributed by atoms with Gasteiger partial charge in [0.05, 0.1) is 12.1 Å². The largest absolute Gasteiger partial charge is 0.356 e. The number of hydrogen-bond donors (Lipinski definition) is 2. The second-order valence-corrected chi connectivity index (χ2v) is 8.26. The number of aryl methyl sites for hydroxylation is 1. The van der Waals surface area contributed by atoms with Gasteiger partial charge in [-0.3, -0.25) is 19.6 Å². The van der Waals surface area contributed by atoms with Crippen LogP contribution in [0.25, 0.3) is 0 Å². The number of benzene rings is 2. The first kappa shape index (κ1) is 21.9. The standard InChI is InChI=1S/C25H27FN4O2/c26-21-10-8-20(9-11-21)24(31)22-16-30(15-18-5-2-1-3-6-18)17-23(22)25(32)27-12-4-7-19-13-28-29-14-19/h1-3,5-6,8-11,13-14,22-23H,4,7,12,15-17H2,(H,27,32)(H,28,29)/t22-,23-/m1/s1. The minimum Gasteiger partial charge on any atom is -0.356 e. The molecule has 0 saturated carbocycles. The Morgan fingerprint density at radius 3 is 2.50 bits per heavy atom. The summed E-state index contributed by atoms with van der Waals surface area (Å²) in [5.74, 6) is -1.50. The molecule has 166 valence electrons. The van der Waals surface area contributed by atoms with E-state index >= 15 is 0 Å². The first-order chi connectivity index (χ1) is 15.6. The Morgan fingerprint density at radius 1 is 1.03 bits per heavy atom. The van der Waals surface area contributed by atoms with Gasteiger partial charge in [-0.15, -0.1) is 0 Å². The Bertz CT molecular complexity index is 1020. The van der Waals surface area contributed by atoms with Crippen molar-refractivity contribution in [1.82, 2.24) is 20.4 Å². The van der Waals surface area contributed by atoms with Crippen LogP contribution in [0.2, 0.25) is 0 Å². The SMILES string of the molecule is O=C(NCCCc1cn[nH]c1)[C@@H]1CN(Cc2ccccc2)C[C@H]1C(=O)c1ccc(F)cc1. The molecular formula is C25H27FN4O2. The zero-order valence-corrected chi connectivity index (χ0v) is 17.8. The number of halogens is 1. The molecule has 1 amide bonds. The van der Waals surface area contributed by atoms with Crippen LogP contribution in [-0.4, -0.2) is 46.4 Å². The van der Waals surface area contributed by atoms with Gasteiger partial charge < -0.3 is 5.32 Å². The first-order valence-electron chi connectivity index (χ1n) is 10.9. The van der Waals surface area contributed by atoms with E-state index < -0.39 is 11.8 Å². The fraction of sp³-hybridized carbons (Fsp3) is 0.320. The number of nitrogens with zero attached hydrogens (tertiary/aromatic N) is 2. The number of ketones is 1. The van der Waals surface area contributed by atoms with Crippen molar-refractivity contribution in [3.05, 3.63) is 89.5 Å². The monoisotopic (exact) mass is 434 g/mol. The van der Waals surface area contributed by atoms with E-state index in [9.17, 15) is 14.0 Å². The summed E-state index contributed by atoms with van der Waals surface area (Å²) < 4.78 is 13.3. The third-order valence-electron chi connectivity index (χ3n) is 5.94. The first-order valence-corrected chi connectivity index (χ1v) is 10.9. The Labute approximate surface area is 186 Å². The van der Waals surface area contributed by atoms with Crippen molar-refractivity contribution < 1.29 is 14.0 Å². The number of rotatable bonds is 9. The van der Waals surface area contributed by atoms with Gasteiger partial charge in [0.1, 0.15) is 5.82 Å². The molecular weight excluding hydrogens is 407 g/mol. The van der Waals surface area contributed by atoms with Gasteiger partial charge in [0, 0.05) is 43.9 Å². The third-order valence-corrected chi connectivity index (χ3v) is 5.94. The minimum atomic E-state index is -0.460. The van der Waals surface area contributed by atoms with E-state index in [1.165, 1.54) is 24.3 Å². The number of H-pyrrole nitrogens is 1. The van der Waals surface area contributed by atoms with Crippen molar-refractivity contribution in [1.29, 1.82) is 0 Å². The van der Waals surface area contributed by atoms with Gasteiger partial charge in [-0.25, -0.2) is 4.39 Å². The van der Waals surface area contributed by atoms with Gasteiger partial charge >= 0.3 is 0 Å². The summed E-state index contributed by atoms with van der Waals surface area (Å²) in [6.45, 7) is 2.23. The Hall–Kier alpha value is -3.32. The lowest BCUT2D eigenvalue weighted by Crippen LogP contribution is -2.38. The summed E-state index contributed by atoms with van der Waals surface area (Å²) in [5, 5.41) is 9.72. The molecule has 32 heavy (non-hydrogen) atoms. The van der Waals surface area contributed by atoms with Gasteiger partial charge in [-0.1, -0.05) is 30.3 Å².